The highest BCUT2D eigenvalue weighted by Gasteiger charge is 2.22. The molecule has 0 aliphatic rings. The lowest BCUT2D eigenvalue weighted by Gasteiger charge is -2.11. The first kappa shape index (κ1) is 19.8. The van der Waals surface area contributed by atoms with E-state index in [-0.39, 0.29) is 12.0 Å². The zero-order valence-corrected chi connectivity index (χ0v) is 16.3. The van der Waals surface area contributed by atoms with Crippen molar-refractivity contribution in [3.05, 3.63) is 56.8 Å². The lowest BCUT2D eigenvalue weighted by atomic mass is 10.0. The Morgan fingerprint density at radius 3 is 2.82 bits per heavy atom. The van der Waals surface area contributed by atoms with E-state index in [1.807, 2.05) is 0 Å². The van der Waals surface area contributed by atoms with Crippen LogP contribution in [0.25, 0.3) is 21.2 Å². The molecule has 0 aliphatic carbocycles. The fourth-order valence-electron chi connectivity index (χ4n) is 2.64. The topological polar surface area (TPSA) is 106 Å². The first-order valence-corrected chi connectivity index (χ1v) is 9.45. The Morgan fingerprint density at radius 1 is 1.36 bits per heavy atom. The molecule has 9 heteroatoms. The van der Waals surface area contributed by atoms with Gasteiger partial charge in [-0.3, -0.25) is 19.4 Å². The first-order chi connectivity index (χ1) is 13.4. The molecule has 2 N–H and O–H groups in total. The van der Waals surface area contributed by atoms with E-state index in [4.69, 9.17) is 16.3 Å². The van der Waals surface area contributed by atoms with Crippen molar-refractivity contribution in [3.8, 4) is 16.9 Å². The zero-order valence-electron chi connectivity index (χ0n) is 14.7. The summed E-state index contributed by atoms with van der Waals surface area (Å²) in [6.45, 7) is 1.39. The number of nitrogens with one attached hydrogen (secondary N) is 1. The van der Waals surface area contributed by atoms with Crippen LogP contribution in [0.1, 0.15) is 17.3 Å². The average molecular weight is 419 g/mol. The van der Waals surface area contributed by atoms with E-state index in [9.17, 15) is 19.5 Å². The number of fused-ring (bicyclic) bond motifs is 1. The number of aromatic nitrogens is 1. The van der Waals surface area contributed by atoms with E-state index >= 15 is 0 Å². The van der Waals surface area contributed by atoms with E-state index < -0.39 is 34.5 Å². The summed E-state index contributed by atoms with van der Waals surface area (Å²) in [6, 6.07) is 6.68. The van der Waals surface area contributed by atoms with Gasteiger partial charge in [-0.1, -0.05) is 29.0 Å². The van der Waals surface area contributed by atoms with Gasteiger partial charge in [0.25, 0.3) is 5.91 Å². The Bertz CT molecular complexity index is 1110. The molecule has 0 saturated heterocycles. The Kier molecular flexibility index (Phi) is 5.91. The SMILES string of the molecule is CCOC(=O)CNC(=O)c1c(O)c2cc(Cl)cc(-c3cccnc3)c2sc1=O. The minimum absolute atomic E-state index is 0.167. The fourth-order valence-corrected chi connectivity index (χ4v) is 3.89. The molecule has 3 rings (SSSR count). The number of hydrogen-bond acceptors (Lipinski definition) is 7. The summed E-state index contributed by atoms with van der Waals surface area (Å²) in [4.78, 5) is 40.4. The maximum atomic E-state index is 12.6. The summed E-state index contributed by atoms with van der Waals surface area (Å²) in [5, 5.41) is 13.5. The van der Waals surface area contributed by atoms with E-state index in [0.29, 0.717) is 20.8 Å². The Hall–Kier alpha value is -2.97. The van der Waals surface area contributed by atoms with Crippen LogP contribution < -0.4 is 10.1 Å². The molecule has 1 amide bonds. The first-order valence-electron chi connectivity index (χ1n) is 8.26. The monoisotopic (exact) mass is 418 g/mol. The summed E-state index contributed by atoms with van der Waals surface area (Å²) in [5.41, 5.74) is 0.886. The molecule has 2 heterocycles. The van der Waals surface area contributed by atoms with Crippen LogP contribution in [-0.2, 0) is 9.53 Å². The van der Waals surface area contributed by atoms with Crippen molar-refractivity contribution in [1.29, 1.82) is 0 Å². The predicted molar refractivity (Wildman–Crippen MR) is 107 cm³/mol. The number of halogens is 1. The number of ether oxygens (including phenoxy) is 1. The number of rotatable bonds is 5. The third kappa shape index (κ3) is 3.97. The molecule has 0 radical (unpaired) electrons. The van der Waals surface area contributed by atoms with Crippen molar-refractivity contribution < 1.29 is 19.4 Å². The van der Waals surface area contributed by atoms with Crippen LogP contribution >= 0.6 is 22.9 Å². The van der Waals surface area contributed by atoms with Crippen LogP contribution in [-0.4, -0.2) is 35.1 Å². The number of carbonyl (C=O) groups is 2. The van der Waals surface area contributed by atoms with Crippen molar-refractivity contribution in [2.24, 2.45) is 0 Å². The highest BCUT2D eigenvalue weighted by molar-refractivity contribution is 7.17. The number of pyridine rings is 1. The van der Waals surface area contributed by atoms with E-state index in [2.05, 4.69) is 10.3 Å². The van der Waals surface area contributed by atoms with Crippen LogP contribution in [0.15, 0.2) is 41.5 Å². The Labute approximate surface area is 168 Å². The van der Waals surface area contributed by atoms with Gasteiger partial charge in [-0.05, 0) is 25.1 Å². The highest BCUT2D eigenvalue weighted by Crippen LogP contribution is 2.38. The highest BCUT2D eigenvalue weighted by atomic mass is 35.5. The molecule has 0 fully saturated rings. The molecule has 0 atom stereocenters. The number of hydrogen-bond donors (Lipinski definition) is 2. The average Bonchev–Trinajstić information content (AvgIpc) is 2.67. The zero-order chi connectivity index (χ0) is 20.3. The molecule has 7 nitrogen and oxygen atoms in total. The molecular formula is C19H15ClN2O5S. The number of carbonyl (C=O) groups excluding carboxylic acids is 2. The van der Waals surface area contributed by atoms with Gasteiger partial charge in [-0.25, -0.2) is 0 Å². The van der Waals surface area contributed by atoms with Crippen LogP contribution in [0, 0.1) is 0 Å². The largest absolute Gasteiger partial charge is 0.506 e. The minimum atomic E-state index is -0.864. The van der Waals surface area contributed by atoms with Gasteiger partial charge in [0.15, 0.2) is 0 Å². The molecule has 0 saturated carbocycles. The lowest BCUT2D eigenvalue weighted by molar-refractivity contribution is -0.141. The van der Waals surface area contributed by atoms with Gasteiger partial charge < -0.3 is 15.2 Å². The van der Waals surface area contributed by atoms with Gasteiger partial charge in [-0.2, -0.15) is 0 Å². The molecule has 0 aliphatic heterocycles. The second-order valence-electron chi connectivity index (χ2n) is 5.67. The molecule has 3 aromatic rings. The smallest absolute Gasteiger partial charge is 0.325 e. The van der Waals surface area contributed by atoms with Gasteiger partial charge in [0.2, 0.25) is 4.74 Å². The van der Waals surface area contributed by atoms with Crippen molar-refractivity contribution in [1.82, 2.24) is 10.3 Å². The lowest BCUT2D eigenvalue weighted by Crippen LogP contribution is -2.33. The van der Waals surface area contributed by atoms with Gasteiger partial charge in [0.1, 0.15) is 17.9 Å². The van der Waals surface area contributed by atoms with Crippen molar-refractivity contribution >= 4 is 44.9 Å². The van der Waals surface area contributed by atoms with E-state index in [0.717, 1.165) is 11.3 Å². The van der Waals surface area contributed by atoms with Crippen LogP contribution in [0.2, 0.25) is 5.02 Å². The van der Waals surface area contributed by atoms with Crippen LogP contribution in [0.5, 0.6) is 5.75 Å². The summed E-state index contributed by atoms with van der Waals surface area (Å²) in [5.74, 6) is -2.00. The molecule has 1 aromatic carbocycles. The Morgan fingerprint density at radius 2 is 2.14 bits per heavy atom. The number of amides is 1. The third-order valence-corrected chi connectivity index (χ3v) is 5.09. The van der Waals surface area contributed by atoms with Gasteiger partial charge in [-0.15, -0.1) is 0 Å². The predicted octanol–water partition coefficient (Wildman–Crippen LogP) is 2.98. The van der Waals surface area contributed by atoms with Gasteiger partial charge in [0, 0.05) is 38.6 Å². The quantitative estimate of drug-likeness (QED) is 0.617. The number of aromatic hydroxyl groups is 1. The van der Waals surface area contributed by atoms with Crippen molar-refractivity contribution in [2.75, 3.05) is 13.2 Å². The minimum Gasteiger partial charge on any atom is -0.506 e. The molecule has 0 bridgehead atoms. The van der Waals surface area contributed by atoms with E-state index in [1.165, 1.54) is 6.07 Å². The maximum absolute atomic E-state index is 12.6. The van der Waals surface area contributed by atoms with Crippen LogP contribution in [0.3, 0.4) is 0 Å². The molecule has 144 valence electrons. The van der Waals surface area contributed by atoms with E-state index in [1.54, 1.807) is 37.5 Å². The number of benzene rings is 1. The maximum Gasteiger partial charge on any atom is 0.325 e. The number of esters is 1. The van der Waals surface area contributed by atoms with Gasteiger partial charge >= 0.3 is 5.97 Å². The molecule has 28 heavy (non-hydrogen) atoms. The normalized spacial score (nSPS) is 10.6. The molecule has 0 spiro atoms. The second-order valence-corrected chi connectivity index (χ2v) is 7.09. The van der Waals surface area contributed by atoms with Crippen LogP contribution in [0.4, 0.5) is 0 Å². The molecule has 0 unspecified atom stereocenters. The summed E-state index contributed by atoms with van der Waals surface area (Å²) < 4.78 is 4.56. The summed E-state index contributed by atoms with van der Waals surface area (Å²) in [7, 11) is 0. The van der Waals surface area contributed by atoms with Crippen molar-refractivity contribution in [3.63, 3.8) is 0 Å². The standard InChI is InChI=1S/C19H15ClN2O5S/c1-2-27-14(23)9-22-18(25)15-16(24)13-7-11(20)6-12(17(13)28-19(15)26)10-4-3-5-21-8-10/h3-8,24H,2,9H2,1H3,(H,22,25). The Balaban J connectivity index is 2.09. The summed E-state index contributed by atoms with van der Waals surface area (Å²) >= 11 is 6.99. The molecular weight excluding hydrogens is 404 g/mol. The van der Waals surface area contributed by atoms with Crippen molar-refractivity contribution in [2.45, 2.75) is 6.92 Å². The van der Waals surface area contributed by atoms with Gasteiger partial charge in [0.05, 0.1) is 6.61 Å². The number of nitrogens with zero attached hydrogens (tertiary/aromatic N) is 1. The summed E-state index contributed by atoms with van der Waals surface area (Å²) in [6.07, 6.45) is 3.22. The molecule has 2 aromatic heterocycles. The fraction of sp³-hybridized carbons (Fsp3) is 0.158. The second kappa shape index (κ2) is 8.37. The third-order valence-electron chi connectivity index (χ3n) is 3.84.